The van der Waals surface area contributed by atoms with Gasteiger partial charge in [-0.25, -0.2) is 4.98 Å². The quantitative estimate of drug-likeness (QED) is 0.810. The van der Waals surface area contributed by atoms with E-state index in [1.54, 1.807) is 6.26 Å². The van der Waals surface area contributed by atoms with Gasteiger partial charge in [-0.3, -0.25) is 9.80 Å². The third-order valence-corrected chi connectivity index (χ3v) is 4.91. The maximum absolute atomic E-state index is 5.50. The molecule has 24 heavy (non-hydrogen) atoms. The van der Waals surface area contributed by atoms with Gasteiger partial charge in [-0.05, 0) is 31.5 Å². The van der Waals surface area contributed by atoms with E-state index in [9.17, 15) is 0 Å². The summed E-state index contributed by atoms with van der Waals surface area (Å²) in [4.78, 5) is 9.63. The highest BCUT2D eigenvalue weighted by molar-refractivity contribution is 5.07. The first kappa shape index (κ1) is 15.9. The molecule has 0 aromatic carbocycles. The number of furan rings is 1. The van der Waals surface area contributed by atoms with Crippen LogP contribution in [0, 0.1) is 5.92 Å². The average molecular weight is 330 g/mol. The molecule has 0 aliphatic carbocycles. The van der Waals surface area contributed by atoms with Crippen LogP contribution in [-0.4, -0.2) is 52.7 Å². The van der Waals surface area contributed by atoms with Crippen LogP contribution in [0.3, 0.4) is 0 Å². The second-order valence-corrected chi connectivity index (χ2v) is 7.06. The lowest BCUT2D eigenvalue weighted by atomic mass is 10.1. The maximum Gasteiger partial charge on any atom is 0.123 e. The van der Waals surface area contributed by atoms with Gasteiger partial charge in [0, 0.05) is 39.0 Å². The third-order valence-electron chi connectivity index (χ3n) is 4.91. The van der Waals surface area contributed by atoms with Crippen LogP contribution in [0.4, 0.5) is 0 Å². The molecular weight excluding hydrogens is 304 g/mol. The van der Waals surface area contributed by atoms with E-state index in [2.05, 4.69) is 27.6 Å². The summed E-state index contributed by atoms with van der Waals surface area (Å²) in [6, 6.07) is 3.95. The number of rotatable bonds is 6. The molecule has 0 saturated carbocycles. The Hall–Kier alpha value is -1.63. The van der Waals surface area contributed by atoms with E-state index in [4.69, 9.17) is 14.1 Å². The highest BCUT2D eigenvalue weighted by Gasteiger charge is 2.23. The topological polar surface area (TPSA) is 46.7 Å². The van der Waals surface area contributed by atoms with Crippen LogP contribution in [0.5, 0.6) is 0 Å². The van der Waals surface area contributed by atoms with Crippen molar-refractivity contribution in [3.63, 3.8) is 0 Å². The van der Waals surface area contributed by atoms with Gasteiger partial charge in [-0.1, -0.05) is 0 Å². The molecule has 0 bridgehead atoms. The zero-order valence-corrected chi connectivity index (χ0v) is 14.4. The highest BCUT2D eigenvalue weighted by Crippen LogP contribution is 2.19. The van der Waals surface area contributed by atoms with Crippen molar-refractivity contribution in [1.29, 1.82) is 0 Å². The predicted octanol–water partition coefficient (Wildman–Crippen LogP) is 1.96. The molecule has 0 spiro atoms. The van der Waals surface area contributed by atoms with E-state index in [1.807, 2.05) is 12.1 Å². The molecule has 1 saturated heterocycles. The van der Waals surface area contributed by atoms with Gasteiger partial charge < -0.3 is 13.7 Å². The Morgan fingerprint density at radius 2 is 2.29 bits per heavy atom. The highest BCUT2D eigenvalue weighted by atomic mass is 16.5. The van der Waals surface area contributed by atoms with Gasteiger partial charge in [0.25, 0.3) is 0 Å². The largest absolute Gasteiger partial charge is 0.468 e. The Morgan fingerprint density at radius 3 is 3.08 bits per heavy atom. The first-order chi connectivity index (χ1) is 11.8. The minimum atomic E-state index is 0.699. The van der Waals surface area contributed by atoms with Crippen molar-refractivity contribution in [2.24, 2.45) is 5.92 Å². The number of imidazole rings is 1. The molecule has 6 heteroatoms. The molecule has 2 aromatic heterocycles. The molecule has 4 rings (SSSR count). The van der Waals surface area contributed by atoms with Gasteiger partial charge in [-0.15, -0.1) is 0 Å². The molecule has 2 aliphatic heterocycles. The van der Waals surface area contributed by atoms with Crippen molar-refractivity contribution < 1.29 is 9.15 Å². The van der Waals surface area contributed by atoms with Crippen LogP contribution in [0.2, 0.25) is 0 Å². The lowest BCUT2D eigenvalue weighted by Gasteiger charge is -2.29. The monoisotopic (exact) mass is 330 g/mol. The van der Waals surface area contributed by atoms with E-state index in [0.29, 0.717) is 5.92 Å². The lowest BCUT2D eigenvalue weighted by Crippen LogP contribution is -2.37. The fourth-order valence-corrected chi connectivity index (χ4v) is 3.69. The summed E-state index contributed by atoms with van der Waals surface area (Å²) in [5.41, 5.74) is 1.14. The lowest BCUT2D eigenvalue weighted by molar-refractivity contribution is 0.152. The van der Waals surface area contributed by atoms with E-state index < -0.39 is 0 Å². The van der Waals surface area contributed by atoms with E-state index >= 15 is 0 Å². The molecule has 4 heterocycles. The van der Waals surface area contributed by atoms with Crippen molar-refractivity contribution in [1.82, 2.24) is 19.4 Å². The molecule has 1 fully saturated rings. The first-order valence-electron chi connectivity index (χ1n) is 8.82. The van der Waals surface area contributed by atoms with Gasteiger partial charge in [0.2, 0.25) is 0 Å². The Labute approximate surface area is 143 Å². The van der Waals surface area contributed by atoms with Gasteiger partial charge >= 0.3 is 0 Å². The molecule has 6 nitrogen and oxygen atoms in total. The van der Waals surface area contributed by atoms with Crippen LogP contribution < -0.4 is 0 Å². The minimum absolute atomic E-state index is 0.699. The van der Waals surface area contributed by atoms with Gasteiger partial charge in [0.15, 0.2) is 0 Å². The van der Waals surface area contributed by atoms with Crippen LogP contribution >= 0.6 is 0 Å². The summed E-state index contributed by atoms with van der Waals surface area (Å²) in [6.07, 6.45) is 5.14. The third kappa shape index (κ3) is 3.71. The molecule has 0 N–H and O–H groups in total. The van der Waals surface area contributed by atoms with Crippen molar-refractivity contribution in [3.8, 4) is 0 Å². The van der Waals surface area contributed by atoms with E-state index in [1.165, 1.54) is 12.2 Å². The number of hydrogen-bond donors (Lipinski definition) is 0. The number of hydrogen-bond acceptors (Lipinski definition) is 5. The summed E-state index contributed by atoms with van der Waals surface area (Å²) in [5.74, 6) is 2.89. The molecular formula is C18H26N4O2. The van der Waals surface area contributed by atoms with Crippen LogP contribution in [0.25, 0.3) is 0 Å². The number of fused-ring (bicyclic) bond motifs is 1. The van der Waals surface area contributed by atoms with Crippen molar-refractivity contribution in [2.75, 3.05) is 33.4 Å². The molecule has 130 valence electrons. The zero-order chi connectivity index (χ0) is 16.4. The zero-order valence-electron chi connectivity index (χ0n) is 14.4. The smallest absolute Gasteiger partial charge is 0.123 e. The Bertz CT molecular complexity index is 646. The molecule has 2 aromatic rings. The summed E-state index contributed by atoms with van der Waals surface area (Å²) >= 11 is 0. The second-order valence-electron chi connectivity index (χ2n) is 7.06. The van der Waals surface area contributed by atoms with E-state index in [0.717, 1.165) is 63.9 Å². The SMILES string of the molecule is CN(Cc1cn2c(n1)CN(C[C@@H]1CCOC1)CC2)Cc1ccco1. The summed E-state index contributed by atoms with van der Waals surface area (Å²) in [5, 5.41) is 0. The van der Waals surface area contributed by atoms with Crippen LogP contribution in [0.15, 0.2) is 29.0 Å². The predicted molar refractivity (Wildman–Crippen MR) is 90.3 cm³/mol. The maximum atomic E-state index is 5.50. The Kier molecular flexibility index (Phi) is 4.69. The molecule has 0 unspecified atom stereocenters. The average Bonchev–Trinajstić information content (AvgIpc) is 3.28. The van der Waals surface area contributed by atoms with E-state index in [-0.39, 0.29) is 0 Å². The van der Waals surface area contributed by atoms with Crippen LogP contribution in [-0.2, 0) is 30.9 Å². The Morgan fingerprint density at radius 1 is 1.33 bits per heavy atom. The van der Waals surface area contributed by atoms with Gasteiger partial charge in [0.05, 0.1) is 31.7 Å². The fourth-order valence-electron chi connectivity index (χ4n) is 3.69. The van der Waals surface area contributed by atoms with Crippen molar-refractivity contribution >= 4 is 0 Å². The second kappa shape index (κ2) is 7.09. The molecule has 0 radical (unpaired) electrons. The summed E-state index contributed by atoms with van der Waals surface area (Å²) in [6.45, 7) is 7.76. The van der Waals surface area contributed by atoms with Gasteiger partial charge in [0.1, 0.15) is 11.6 Å². The first-order valence-corrected chi connectivity index (χ1v) is 8.82. The van der Waals surface area contributed by atoms with Gasteiger partial charge in [-0.2, -0.15) is 0 Å². The fraction of sp³-hybridized carbons (Fsp3) is 0.611. The molecule has 0 amide bonds. The Balaban J connectivity index is 1.33. The number of nitrogens with zero attached hydrogens (tertiary/aromatic N) is 4. The minimum Gasteiger partial charge on any atom is -0.468 e. The van der Waals surface area contributed by atoms with Crippen molar-refractivity contribution in [3.05, 3.63) is 41.9 Å². The normalized spacial score (nSPS) is 21.5. The van der Waals surface area contributed by atoms with Crippen LogP contribution in [0.1, 0.15) is 23.7 Å². The number of aromatic nitrogens is 2. The standard InChI is InChI=1S/C18H26N4O2/c1-20(12-17-3-2-7-24-17)10-16-11-22-6-5-21(13-18(22)19-16)9-15-4-8-23-14-15/h2-3,7,11,15H,4-6,8-10,12-14H2,1H3/t15-/m0/s1. The molecule has 2 aliphatic rings. The summed E-state index contributed by atoms with van der Waals surface area (Å²) in [7, 11) is 2.10. The molecule has 1 atom stereocenters. The summed E-state index contributed by atoms with van der Waals surface area (Å²) < 4.78 is 13.2. The van der Waals surface area contributed by atoms with Crippen molar-refractivity contribution in [2.45, 2.75) is 32.6 Å². The number of ether oxygens (including phenoxy) is 1.